The second-order valence-corrected chi connectivity index (χ2v) is 5.89. The minimum absolute atomic E-state index is 0.0254. The van der Waals surface area contributed by atoms with Gasteiger partial charge in [-0.25, -0.2) is 22.3 Å². The standard InChI is InChI=1S/C13H13F2N3O2S/c14-9-5-4-8(6-10(9)15)7-18-11-2-1-3-12(13(11)16)21(17,19)20/h1-6,18H,7,16H2,(H2,17,19,20). The highest BCUT2D eigenvalue weighted by molar-refractivity contribution is 7.89. The molecule has 2 aromatic rings. The van der Waals surface area contributed by atoms with E-state index in [1.54, 1.807) is 6.07 Å². The Morgan fingerprint density at radius 1 is 1.10 bits per heavy atom. The maximum Gasteiger partial charge on any atom is 0.240 e. The fourth-order valence-corrected chi connectivity index (χ4v) is 2.48. The Labute approximate surface area is 120 Å². The molecule has 112 valence electrons. The van der Waals surface area contributed by atoms with Crippen molar-refractivity contribution in [3.63, 3.8) is 0 Å². The van der Waals surface area contributed by atoms with Gasteiger partial charge in [-0.05, 0) is 29.8 Å². The summed E-state index contributed by atoms with van der Waals surface area (Å²) in [6.45, 7) is 0.148. The highest BCUT2D eigenvalue weighted by Crippen LogP contribution is 2.26. The van der Waals surface area contributed by atoms with Crippen LogP contribution in [0.25, 0.3) is 0 Å². The number of nitrogens with two attached hydrogens (primary N) is 2. The van der Waals surface area contributed by atoms with Crippen molar-refractivity contribution in [2.45, 2.75) is 11.4 Å². The van der Waals surface area contributed by atoms with Crippen LogP contribution >= 0.6 is 0 Å². The number of anilines is 2. The first-order valence-corrected chi connectivity index (χ1v) is 7.43. The van der Waals surface area contributed by atoms with Crippen molar-refractivity contribution in [3.8, 4) is 0 Å². The molecular weight excluding hydrogens is 300 g/mol. The number of primary sulfonamides is 1. The van der Waals surface area contributed by atoms with Crippen molar-refractivity contribution < 1.29 is 17.2 Å². The van der Waals surface area contributed by atoms with Gasteiger partial charge in [0.05, 0.1) is 11.4 Å². The highest BCUT2D eigenvalue weighted by atomic mass is 32.2. The number of rotatable bonds is 4. The number of nitrogen functional groups attached to an aromatic ring is 1. The molecule has 2 rings (SSSR count). The lowest BCUT2D eigenvalue weighted by molar-refractivity contribution is 0.507. The largest absolute Gasteiger partial charge is 0.396 e. The molecule has 0 saturated heterocycles. The predicted molar refractivity (Wildman–Crippen MR) is 75.9 cm³/mol. The van der Waals surface area contributed by atoms with Gasteiger partial charge in [-0.3, -0.25) is 0 Å². The summed E-state index contributed by atoms with van der Waals surface area (Å²) in [6, 6.07) is 7.78. The molecule has 0 aliphatic carbocycles. The smallest absolute Gasteiger partial charge is 0.240 e. The molecule has 0 saturated carbocycles. The molecule has 0 spiro atoms. The van der Waals surface area contributed by atoms with Crippen molar-refractivity contribution in [3.05, 3.63) is 53.6 Å². The van der Waals surface area contributed by atoms with Gasteiger partial charge in [0, 0.05) is 6.54 Å². The zero-order valence-electron chi connectivity index (χ0n) is 10.8. The minimum Gasteiger partial charge on any atom is -0.396 e. The Bertz CT molecular complexity index is 779. The van der Waals surface area contributed by atoms with E-state index < -0.39 is 21.7 Å². The van der Waals surface area contributed by atoms with Crippen molar-refractivity contribution in [1.29, 1.82) is 0 Å². The molecule has 0 atom stereocenters. The van der Waals surface area contributed by atoms with Gasteiger partial charge in [-0.1, -0.05) is 12.1 Å². The molecule has 0 aliphatic heterocycles. The third-order valence-electron chi connectivity index (χ3n) is 2.84. The highest BCUT2D eigenvalue weighted by Gasteiger charge is 2.14. The van der Waals surface area contributed by atoms with Crippen LogP contribution in [-0.2, 0) is 16.6 Å². The third kappa shape index (κ3) is 3.47. The van der Waals surface area contributed by atoms with Gasteiger partial charge in [0.2, 0.25) is 10.0 Å². The van der Waals surface area contributed by atoms with Crippen LogP contribution in [0.1, 0.15) is 5.56 Å². The Balaban J connectivity index is 2.23. The molecule has 0 fully saturated rings. The van der Waals surface area contributed by atoms with E-state index in [1.807, 2.05) is 0 Å². The van der Waals surface area contributed by atoms with Gasteiger partial charge in [0.1, 0.15) is 4.90 Å². The number of hydrogen-bond donors (Lipinski definition) is 3. The van der Waals surface area contributed by atoms with Crippen LogP contribution in [0.15, 0.2) is 41.3 Å². The van der Waals surface area contributed by atoms with E-state index in [9.17, 15) is 17.2 Å². The van der Waals surface area contributed by atoms with Crippen molar-refractivity contribution in [1.82, 2.24) is 0 Å². The van der Waals surface area contributed by atoms with E-state index in [1.165, 1.54) is 18.2 Å². The first-order valence-electron chi connectivity index (χ1n) is 5.88. The van der Waals surface area contributed by atoms with E-state index in [0.29, 0.717) is 11.3 Å². The number of sulfonamides is 1. The van der Waals surface area contributed by atoms with Crippen LogP contribution in [0.4, 0.5) is 20.2 Å². The lowest BCUT2D eigenvalue weighted by Crippen LogP contribution is -2.15. The second-order valence-electron chi connectivity index (χ2n) is 4.36. The molecule has 2 aromatic carbocycles. The van der Waals surface area contributed by atoms with Crippen LogP contribution in [0.3, 0.4) is 0 Å². The average molecular weight is 313 g/mol. The molecule has 21 heavy (non-hydrogen) atoms. The van der Waals surface area contributed by atoms with Gasteiger partial charge >= 0.3 is 0 Å². The van der Waals surface area contributed by atoms with Gasteiger partial charge in [0.25, 0.3) is 0 Å². The maximum absolute atomic E-state index is 13.1. The van der Waals surface area contributed by atoms with Crippen LogP contribution in [-0.4, -0.2) is 8.42 Å². The normalized spacial score (nSPS) is 11.4. The maximum atomic E-state index is 13.1. The predicted octanol–water partition coefficient (Wildman–Crippen LogP) is 1.81. The fraction of sp³-hybridized carbons (Fsp3) is 0.0769. The van der Waals surface area contributed by atoms with Crippen LogP contribution in [0, 0.1) is 11.6 Å². The molecule has 5 nitrogen and oxygen atoms in total. The summed E-state index contributed by atoms with van der Waals surface area (Å²) in [7, 11) is -3.93. The number of benzene rings is 2. The molecule has 0 heterocycles. The van der Waals surface area contributed by atoms with Crippen LogP contribution in [0.2, 0.25) is 0 Å². The number of hydrogen-bond acceptors (Lipinski definition) is 4. The first-order chi connectivity index (χ1) is 9.79. The Hall–Kier alpha value is -2.19. The molecule has 0 aromatic heterocycles. The molecule has 0 amide bonds. The topological polar surface area (TPSA) is 98.2 Å². The SMILES string of the molecule is Nc1c(NCc2ccc(F)c(F)c2)cccc1S(N)(=O)=O. The molecular formula is C13H13F2N3O2S. The molecule has 0 radical (unpaired) electrons. The fourth-order valence-electron chi connectivity index (χ4n) is 1.79. The molecule has 8 heteroatoms. The summed E-state index contributed by atoms with van der Waals surface area (Å²) >= 11 is 0. The van der Waals surface area contributed by atoms with Gasteiger partial charge in [-0.2, -0.15) is 0 Å². The number of para-hydroxylation sites is 1. The van der Waals surface area contributed by atoms with Crippen LogP contribution in [0.5, 0.6) is 0 Å². The summed E-state index contributed by atoms with van der Waals surface area (Å²) in [4.78, 5) is -0.196. The van der Waals surface area contributed by atoms with Crippen molar-refractivity contribution in [2.24, 2.45) is 5.14 Å². The van der Waals surface area contributed by atoms with Crippen molar-refractivity contribution >= 4 is 21.4 Å². The summed E-state index contributed by atoms with van der Waals surface area (Å²) < 4.78 is 48.6. The van der Waals surface area contributed by atoms with Gasteiger partial charge in [0.15, 0.2) is 11.6 Å². The Morgan fingerprint density at radius 2 is 1.81 bits per heavy atom. The summed E-state index contributed by atoms with van der Waals surface area (Å²) in [5, 5.41) is 7.90. The Morgan fingerprint density at radius 3 is 2.43 bits per heavy atom. The van der Waals surface area contributed by atoms with Gasteiger partial charge < -0.3 is 11.1 Å². The zero-order valence-corrected chi connectivity index (χ0v) is 11.6. The molecule has 5 N–H and O–H groups in total. The summed E-state index contributed by atoms with van der Waals surface area (Å²) in [6.07, 6.45) is 0. The number of halogens is 2. The summed E-state index contributed by atoms with van der Waals surface area (Å²) in [5.41, 5.74) is 6.53. The minimum atomic E-state index is -3.93. The molecule has 0 unspecified atom stereocenters. The van der Waals surface area contributed by atoms with Crippen molar-refractivity contribution in [2.75, 3.05) is 11.1 Å². The zero-order chi connectivity index (χ0) is 15.6. The van der Waals surface area contributed by atoms with E-state index in [2.05, 4.69) is 5.32 Å². The number of nitrogens with one attached hydrogen (secondary N) is 1. The van der Waals surface area contributed by atoms with E-state index in [-0.39, 0.29) is 17.1 Å². The Kier molecular flexibility index (Phi) is 4.10. The van der Waals surface area contributed by atoms with E-state index in [0.717, 1.165) is 12.1 Å². The van der Waals surface area contributed by atoms with Crippen LogP contribution < -0.4 is 16.2 Å². The second kappa shape index (κ2) is 5.66. The quantitative estimate of drug-likeness (QED) is 0.750. The summed E-state index contributed by atoms with van der Waals surface area (Å²) in [5.74, 6) is -1.89. The average Bonchev–Trinajstić information content (AvgIpc) is 2.40. The van der Waals surface area contributed by atoms with Gasteiger partial charge in [-0.15, -0.1) is 0 Å². The lowest BCUT2D eigenvalue weighted by Gasteiger charge is -2.12. The first kappa shape index (κ1) is 15.2. The molecule has 0 bridgehead atoms. The third-order valence-corrected chi connectivity index (χ3v) is 3.81. The lowest BCUT2D eigenvalue weighted by atomic mass is 10.2. The molecule has 0 aliphatic rings. The monoisotopic (exact) mass is 313 g/mol. The van der Waals surface area contributed by atoms with E-state index >= 15 is 0 Å². The van der Waals surface area contributed by atoms with E-state index in [4.69, 9.17) is 10.9 Å².